The normalized spacial score (nSPS) is 11.3. The summed E-state index contributed by atoms with van der Waals surface area (Å²) in [6.45, 7) is 2.16. The van der Waals surface area contributed by atoms with Crippen molar-refractivity contribution in [3.63, 3.8) is 0 Å². The number of rotatable bonds is 1. The fourth-order valence-corrected chi connectivity index (χ4v) is 3.58. The molecule has 0 atom stereocenters. The van der Waals surface area contributed by atoms with Gasteiger partial charge in [-0.2, -0.15) is 0 Å². The molecular formula is C19H14BrN. The minimum absolute atomic E-state index is 1.12. The molecule has 21 heavy (non-hydrogen) atoms. The largest absolute Gasteiger partial charge is 0.308 e. The molecule has 0 N–H and O–H groups in total. The molecule has 0 aliphatic carbocycles. The standard InChI is InChI=1S/C19H14BrN/c1-13-7-2-4-11-17(13)21-18-12-5-3-8-14(18)15-9-6-10-16(20)19(15)21/h2-12H,1H3. The van der Waals surface area contributed by atoms with Crippen LogP contribution in [0, 0.1) is 6.92 Å². The first-order valence-corrected chi connectivity index (χ1v) is 7.80. The van der Waals surface area contributed by atoms with Crippen molar-refractivity contribution in [2.24, 2.45) is 0 Å². The zero-order chi connectivity index (χ0) is 14.4. The summed E-state index contributed by atoms with van der Waals surface area (Å²) < 4.78 is 3.48. The molecule has 0 fully saturated rings. The first-order valence-electron chi connectivity index (χ1n) is 7.01. The molecule has 0 amide bonds. The van der Waals surface area contributed by atoms with Gasteiger partial charge in [0.1, 0.15) is 0 Å². The van der Waals surface area contributed by atoms with E-state index in [1.165, 1.54) is 33.1 Å². The Labute approximate surface area is 132 Å². The summed E-state index contributed by atoms with van der Waals surface area (Å²) >= 11 is 3.73. The lowest BCUT2D eigenvalue weighted by Crippen LogP contribution is -1.96. The maximum Gasteiger partial charge on any atom is 0.0683 e. The minimum atomic E-state index is 1.12. The summed E-state index contributed by atoms with van der Waals surface area (Å²) in [7, 11) is 0. The molecule has 0 radical (unpaired) electrons. The Hall–Kier alpha value is -2.06. The van der Waals surface area contributed by atoms with Gasteiger partial charge in [-0.25, -0.2) is 0 Å². The lowest BCUT2D eigenvalue weighted by molar-refractivity contribution is 1.15. The number of fused-ring (bicyclic) bond motifs is 3. The second-order valence-corrected chi connectivity index (χ2v) is 6.13. The molecule has 4 rings (SSSR count). The van der Waals surface area contributed by atoms with E-state index in [-0.39, 0.29) is 0 Å². The van der Waals surface area contributed by atoms with Crippen LogP contribution in [0.25, 0.3) is 27.5 Å². The number of benzene rings is 3. The molecule has 4 aromatic rings. The van der Waals surface area contributed by atoms with Crippen molar-refractivity contribution in [1.29, 1.82) is 0 Å². The fraction of sp³-hybridized carbons (Fsp3) is 0.0526. The summed E-state index contributed by atoms with van der Waals surface area (Å²) in [6.07, 6.45) is 0. The monoisotopic (exact) mass is 335 g/mol. The molecule has 2 heteroatoms. The van der Waals surface area contributed by atoms with Gasteiger partial charge in [0.25, 0.3) is 0 Å². The van der Waals surface area contributed by atoms with E-state index in [9.17, 15) is 0 Å². The molecule has 0 unspecified atom stereocenters. The first kappa shape index (κ1) is 12.7. The predicted molar refractivity (Wildman–Crippen MR) is 93.2 cm³/mol. The van der Waals surface area contributed by atoms with Gasteiger partial charge in [-0.15, -0.1) is 0 Å². The van der Waals surface area contributed by atoms with Crippen molar-refractivity contribution < 1.29 is 0 Å². The van der Waals surface area contributed by atoms with Crippen molar-refractivity contribution in [3.8, 4) is 5.69 Å². The highest BCUT2D eigenvalue weighted by atomic mass is 79.9. The predicted octanol–water partition coefficient (Wildman–Crippen LogP) is 5.85. The van der Waals surface area contributed by atoms with Crippen molar-refractivity contribution >= 4 is 37.7 Å². The summed E-state index contributed by atoms with van der Waals surface area (Å²) in [6, 6.07) is 23.5. The highest BCUT2D eigenvalue weighted by Crippen LogP contribution is 2.36. The van der Waals surface area contributed by atoms with E-state index in [4.69, 9.17) is 0 Å². The number of hydrogen-bond donors (Lipinski definition) is 0. The molecule has 0 spiro atoms. The van der Waals surface area contributed by atoms with Gasteiger partial charge in [0, 0.05) is 20.9 Å². The maximum absolute atomic E-state index is 3.73. The average Bonchev–Trinajstić information content (AvgIpc) is 2.84. The molecule has 1 nitrogen and oxygen atoms in total. The molecule has 0 saturated heterocycles. The third-order valence-corrected chi connectivity index (χ3v) is 4.64. The van der Waals surface area contributed by atoms with E-state index >= 15 is 0 Å². The molecule has 0 aliphatic heterocycles. The first-order chi connectivity index (χ1) is 10.3. The van der Waals surface area contributed by atoms with Crippen LogP contribution >= 0.6 is 15.9 Å². The number of hydrogen-bond acceptors (Lipinski definition) is 0. The topological polar surface area (TPSA) is 4.93 Å². The van der Waals surface area contributed by atoms with Gasteiger partial charge < -0.3 is 4.57 Å². The number of aryl methyl sites for hydroxylation is 1. The SMILES string of the molecule is Cc1ccccc1-n1c2ccccc2c2cccc(Br)c21. The molecule has 1 heterocycles. The van der Waals surface area contributed by atoms with Crippen molar-refractivity contribution in [1.82, 2.24) is 4.57 Å². The molecule has 0 saturated carbocycles. The second-order valence-electron chi connectivity index (χ2n) is 5.28. The van der Waals surface area contributed by atoms with Crippen LogP contribution < -0.4 is 0 Å². The third-order valence-electron chi connectivity index (χ3n) is 4.00. The van der Waals surface area contributed by atoms with Gasteiger partial charge >= 0.3 is 0 Å². The Bertz CT molecular complexity index is 966. The summed E-state index contributed by atoms with van der Waals surface area (Å²) in [5, 5.41) is 2.57. The van der Waals surface area contributed by atoms with E-state index in [1.54, 1.807) is 0 Å². The molecular weight excluding hydrogens is 322 g/mol. The van der Waals surface area contributed by atoms with Crippen LogP contribution in [-0.2, 0) is 0 Å². The highest BCUT2D eigenvalue weighted by Gasteiger charge is 2.14. The van der Waals surface area contributed by atoms with Crippen LogP contribution in [0.3, 0.4) is 0 Å². The number of para-hydroxylation sites is 3. The molecule has 102 valence electrons. The van der Waals surface area contributed by atoms with Gasteiger partial charge in [-0.05, 0) is 46.6 Å². The fourth-order valence-electron chi connectivity index (χ4n) is 3.04. The lowest BCUT2D eigenvalue weighted by Gasteiger charge is -2.11. The lowest BCUT2D eigenvalue weighted by atomic mass is 10.2. The zero-order valence-corrected chi connectivity index (χ0v) is 13.3. The van der Waals surface area contributed by atoms with Crippen LogP contribution in [0.4, 0.5) is 0 Å². The Morgan fingerprint density at radius 1 is 0.762 bits per heavy atom. The van der Waals surface area contributed by atoms with E-state index in [1.807, 2.05) is 0 Å². The van der Waals surface area contributed by atoms with Crippen molar-refractivity contribution in [3.05, 3.63) is 76.8 Å². The minimum Gasteiger partial charge on any atom is -0.308 e. The summed E-state index contributed by atoms with van der Waals surface area (Å²) in [4.78, 5) is 0. The van der Waals surface area contributed by atoms with E-state index in [0.29, 0.717) is 0 Å². The quantitative estimate of drug-likeness (QED) is 0.411. The van der Waals surface area contributed by atoms with E-state index in [0.717, 1.165) is 4.47 Å². The van der Waals surface area contributed by atoms with Crippen LogP contribution in [-0.4, -0.2) is 4.57 Å². The molecule has 0 aliphatic rings. The van der Waals surface area contributed by atoms with Crippen LogP contribution in [0.15, 0.2) is 71.2 Å². The van der Waals surface area contributed by atoms with Crippen LogP contribution in [0.2, 0.25) is 0 Å². The number of nitrogens with zero attached hydrogens (tertiary/aromatic N) is 1. The van der Waals surface area contributed by atoms with Gasteiger partial charge in [0.15, 0.2) is 0 Å². The van der Waals surface area contributed by atoms with Gasteiger partial charge in [0.2, 0.25) is 0 Å². The molecule has 0 bridgehead atoms. The summed E-state index contributed by atoms with van der Waals surface area (Å²) in [5.74, 6) is 0. The number of aromatic nitrogens is 1. The Morgan fingerprint density at radius 2 is 1.48 bits per heavy atom. The molecule has 3 aromatic carbocycles. The zero-order valence-electron chi connectivity index (χ0n) is 11.7. The second kappa shape index (κ2) is 4.74. The van der Waals surface area contributed by atoms with E-state index < -0.39 is 0 Å². The maximum atomic E-state index is 3.73. The number of halogens is 1. The van der Waals surface area contributed by atoms with Gasteiger partial charge in [0.05, 0.1) is 11.0 Å². The van der Waals surface area contributed by atoms with Crippen molar-refractivity contribution in [2.75, 3.05) is 0 Å². The van der Waals surface area contributed by atoms with Gasteiger partial charge in [-0.3, -0.25) is 0 Å². The van der Waals surface area contributed by atoms with Crippen molar-refractivity contribution in [2.45, 2.75) is 6.92 Å². The van der Waals surface area contributed by atoms with Crippen LogP contribution in [0.5, 0.6) is 0 Å². The Balaban J connectivity index is 2.28. The summed E-state index contributed by atoms with van der Waals surface area (Å²) in [5.41, 5.74) is 4.98. The van der Waals surface area contributed by atoms with E-state index in [2.05, 4.69) is 94.2 Å². The van der Waals surface area contributed by atoms with Gasteiger partial charge in [-0.1, -0.05) is 48.5 Å². The Morgan fingerprint density at radius 3 is 2.33 bits per heavy atom. The smallest absolute Gasteiger partial charge is 0.0683 e. The average molecular weight is 336 g/mol. The third kappa shape index (κ3) is 1.83. The highest BCUT2D eigenvalue weighted by molar-refractivity contribution is 9.10. The Kier molecular flexibility index (Phi) is 2.86. The van der Waals surface area contributed by atoms with Crippen LogP contribution in [0.1, 0.15) is 5.56 Å². The molecule has 1 aromatic heterocycles.